The quantitative estimate of drug-likeness (QED) is 0.234. The van der Waals surface area contributed by atoms with E-state index in [-0.39, 0.29) is 0 Å². The lowest BCUT2D eigenvalue weighted by Gasteiger charge is -2.32. The number of hydrogen-bond donors (Lipinski definition) is 2. The topological polar surface area (TPSA) is 39.8 Å². The van der Waals surface area contributed by atoms with E-state index in [1.54, 1.807) is 7.11 Å². The van der Waals surface area contributed by atoms with Gasteiger partial charge in [-0.25, -0.2) is 0 Å². The Bertz CT molecular complexity index is 1030. The average molecular weight is 479 g/mol. The fourth-order valence-corrected chi connectivity index (χ4v) is 6.75. The molecular formula is C26H31N4OPS. The zero-order valence-corrected chi connectivity index (χ0v) is 20.9. The maximum atomic E-state index is 5.47. The molecule has 1 unspecified atom stereocenters. The number of thiocarbonyl (C=S) groups is 1. The number of anilines is 3. The molecule has 0 amide bonds. The van der Waals surface area contributed by atoms with E-state index in [2.05, 4.69) is 63.3 Å². The Hall–Kier alpha value is -2.82. The summed E-state index contributed by atoms with van der Waals surface area (Å²) in [5, 5.41) is 7.28. The Morgan fingerprint density at radius 1 is 0.909 bits per heavy atom. The SMILES string of the molecule is COc1ccc(N2CCN(c3ccc(C)cc3)P2CCCNC(=S)Nc2ccccc2)cc1. The van der Waals surface area contributed by atoms with Crippen molar-refractivity contribution in [2.45, 2.75) is 13.3 Å². The highest BCUT2D eigenvalue weighted by molar-refractivity contribution is 7.80. The summed E-state index contributed by atoms with van der Waals surface area (Å²) in [6, 6.07) is 27.4. The highest BCUT2D eigenvalue weighted by atomic mass is 32.1. The predicted molar refractivity (Wildman–Crippen MR) is 146 cm³/mol. The Morgan fingerprint density at radius 3 is 2.12 bits per heavy atom. The van der Waals surface area contributed by atoms with Gasteiger partial charge in [0.15, 0.2) is 5.11 Å². The third-order valence-corrected chi connectivity index (χ3v) is 8.57. The van der Waals surface area contributed by atoms with E-state index >= 15 is 0 Å². The van der Waals surface area contributed by atoms with E-state index in [1.807, 2.05) is 42.5 Å². The van der Waals surface area contributed by atoms with Crippen LogP contribution in [0.5, 0.6) is 5.75 Å². The van der Waals surface area contributed by atoms with Gasteiger partial charge in [-0.3, -0.25) is 0 Å². The van der Waals surface area contributed by atoms with Crippen molar-refractivity contribution >= 4 is 42.6 Å². The molecule has 1 fully saturated rings. The second-order valence-corrected chi connectivity index (χ2v) is 10.5. The van der Waals surface area contributed by atoms with Crippen molar-refractivity contribution in [3.8, 4) is 5.75 Å². The van der Waals surface area contributed by atoms with Crippen LogP contribution in [0.1, 0.15) is 12.0 Å². The van der Waals surface area contributed by atoms with Gasteiger partial charge in [0, 0.05) is 42.9 Å². The molecule has 1 aliphatic rings. The van der Waals surface area contributed by atoms with Crippen LogP contribution in [-0.2, 0) is 0 Å². The molecule has 1 aliphatic heterocycles. The smallest absolute Gasteiger partial charge is 0.170 e. The van der Waals surface area contributed by atoms with Crippen molar-refractivity contribution in [3.63, 3.8) is 0 Å². The lowest BCUT2D eigenvalue weighted by molar-refractivity contribution is 0.415. The van der Waals surface area contributed by atoms with Gasteiger partial charge in [-0.2, -0.15) is 0 Å². The molecule has 0 spiro atoms. The summed E-state index contributed by atoms with van der Waals surface area (Å²) in [5.74, 6) is 0.890. The van der Waals surface area contributed by atoms with Gasteiger partial charge in [-0.05, 0) is 74.1 Å². The first-order valence-electron chi connectivity index (χ1n) is 11.3. The largest absolute Gasteiger partial charge is 0.497 e. The number of para-hydroxylation sites is 1. The monoisotopic (exact) mass is 478 g/mol. The molecule has 0 aliphatic carbocycles. The number of benzene rings is 3. The van der Waals surface area contributed by atoms with E-state index in [0.29, 0.717) is 5.11 Å². The van der Waals surface area contributed by atoms with Gasteiger partial charge >= 0.3 is 0 Å². The molecule has 0 aromatic heterocycles. The first-order valence-corrected chi connectivity index (χ1v) is 13.1. The molecule has 3 aromatic rings. The Labute approximate surface area is 203 Å². The molecule has 33 heavy (non-hydrogen) atoms. The number of rotatable bonds is 8. The Morgan fingerprint density at radius 2 is 1.52 bits per heavy atom. The van der Waals surface area contributed by atoms with Crippen LogP contribution in [0.4, 0.5) is 17.1 Å². The fraction of sp³-hybridized carbons (Fsp3) is 0.269. The highest BCUT2D eigenvalue weighted by Crippen LogP contribution is 2.53. The van der Waals surface area contributed by atoms with E-state index in [4.69, 9.17) is 17.0 Å². The summed E-state index contributed by atoms with van der Waals surface area (Å²) in [5.41, 5.74) is 4.85. The molecule has 2 N–H and O–H groups in total. The molecule has 7 heteroatoms. The van der Waals surface area contributed by atoms with Gasteiger partial charge in [0.05, 0.1) is 15.3 Å². The first kappa shape index (κ1) is 23.3. The van der Waals surface area contributed by atoms with Crippen molar-refractivity contribution in [2.75, 3.05) is 47.6 Å². The zero-order valence-electron chi connectivity index (χ0n) is 19.2. The van der Waals surface area contributed by atoms with Gasteiger partial charge in [-0.15, -0.1) is 0 Å². The van der Waals surface area contributed by atoms with Crippen LogP contribution in [0.15, 0.2) is 78.9 Å². The molecule has 5 nitrogen and oxygen atoms in total. The maximum absolute atomic E-state index is 5.47. The number of nitrogens with zero attached hydrogens (tertiary/aromatic N) is 2. The molecule has 0 radical (unpaired) electrons. The summed E-state index contributed by atoms with van der Waals surface area (Å²) in [6.45, 7) is 5.03. The molecule has 4 rings (SSSR count). The second kappa shape index (κ2) is 11.4. The highest BCUT2D eigenvalue weighted by Gasteiger charge is 2.32. The van der Waals surface area contributed by atoms with Crippen LogP contribution < -0.4 is 24.7 Å². The van der Waals surface area contributed by atoms with E-state index in [0.717, 1.165) is 43.7 Å². The van der Waals surface area contributed by atoms with Crippen molar-refractivity contribution in [3.05, 3.63) is 84.4 Å². The lowest BCUT2D eigenvalue weighted by Crippen LogP contribution is -2.30. The molecule has 1 atom stereocenters. The van der Waals surface area contributed by atoms with Gasteiger partial charge < -0.3 is 24.7 Å². The molecule has 0 bridgehead atoms. The van der Waals surface area contributed by atoms with E-state index in [1.165, 1.54) is 16.9 Å². The molecule has 1 heterocycles. The van der Waals surface area contributed by atoms with Crippen molar-refractivity contribution < 1.29 is 4.74 Å². The minimum atomic E-state index is -0.505. The number of nitrogens with one attached hydrogen (secondary N) is 2. The van der Waals surface area contributed by atoms with Gasteiger partial charge in [0.2, 0.25) is 0 Å². The lowest BCUT2D eigenvalue weighted by atomic mass is 10.2. The van der Waals surface area contributed by atoms with Crippen LogP contribution in [0.2, 0.25) is 0 Å². The standard InChI is InChI=1S/C26H31N4OPS/c1-21-9-11-23(12-10-21)29-18-19-30(24-13-15-25(31-2)16-14-24)32(29)20-6-17-27-26(33)28-22-7-4-3-5-8-22/h3-5,7-16H,6,17-20H2,1-2H3,(H2,27,28,33). The van der Waals surface area contributed by atoms with E-state index < -0.39 is 8.22 Å². The van der Waals surface area contributed by atoms with Crippen molar-refractivity contribution in [1.29, 1.82) is 0 Å². The molecular weight excluding hydrogens is 447 g/mol. The zero-order chi connectivity index (χ0) is 23.0. The summed E-state index contributed by atoms with van der Waals surface area (Å²) >= 11 is 5.47. The minimum Gasteiger partial charge on any atom is -0.497 e. The fourth-order valence-electron chi connectivity index (χ4n) is 3.91. The second-order valence-electron chi connectivity index (χ2n) is 7.98. The molecule has 3 aromatic carbocycles. The summed E-state index contributed by atoms with van der Waals surface area (Å²) < 4.78 is 10.5. The molecule has 0 saturated carbocycles. The predicted octanol–water partition coefficient (Wildman–Crippen LogP) is 6.02. The van der Waals surface area contributed by atoms with Crippen LogP contribution in [0, 0.1) is 6.92 Å². The Balaban J connectivity index is 1.40. The first-order chi connectivity index (χ1) is 16.1. The number of methoxy groups -OCH3 is 1. The summed E-state index contributed by atoms with van der Waals surface area (Å²) in [7, 11) is 1.20. The maximum Gasteiger partial charge on any atom is 0.170 e. The number of aryl methyl sites for hydroxylation is 1. The number of ether oxygens (including phenoxy) is 1. The van der Waals surface area contributed by atoms with Crippen LogP contribution in [0.25, 0.3) is 0 Å². The average Bonchev–Trinajstić information content (AvgIpc) is 3.27. The van der Waals surface area contributed by atoms with Crippen LogP contribution in [-0.4, -0.2) is 38.0 Å². The summed E-state index contributed by atoms with van der Waals surface area (Å²) in [6.07, 6.45) is 2.13. The van der Waals surface area contributed by atoms with Crippen LogP contribution >= 0.6 is 20.4 Å². The van der Waals surface area contributed by atoms with Gasteiger partial charge in [0.1, 0.15) is 5.75 Å². The van der Waals surface area contributed by atoms with E-state index in [9.17, 15) is 0 Å². The molecule has 1 saturated heterocycles. The third-order valence-electron chi connectivity index (χ3n) is 5.64. The Kier molecular flexibility index (Phi) is 8.03. The minimum absolute atomic E-state index is 0.505. The normalized spacial score (nSPS) is 15.4. The summed E-state index contributed by atoms with van der Waals surface area (Å²) in [4.78, 5) is 0. The van der Waals surface area contributed by atoms with Crippen molar-refractivity contribution in [1.82, 2.24) is 5.32 Å². The molecule has 172 valence electrons. The third kappa shape index (κ3) is 6.16. The van der Waals surface area contributed by atoms with Gasteiger partial charge in [-0.1, -0.05) is 35.9 Å². The van der Waals surface area contributed by atoms with Gasteiger partial charge in [0.25, 0.3) is 0 Å². The van der Waals surface area contributed by atoms with Crippen molar-refractivity contribution in [2.24, 2.45) is 0 Å². The van der Waals surface area contributed by atoms with Crippen LogP contribution in [0.3, 0.4) is 0 Å². The number of hydrogen-bond acceptors (Lipinski definition) is 4.